The number of fused-ring (bicyclic) bond motifs is 1. The second kappa shape index (κ2) is 3.83. The summed E-state index contributed by atoms with van der Waals surface area (Å²) in [5.41, 5.74) is 6.72. The van der Waals surface area contributed by atoms with Crippen molar-refractivity contribution in [2.45, 2.75) is 25.8 Å². The van der Waals surface area contributed by atoms with E-state index >= 15 is 0 Å². The van der Waals surface area contributed by atoms with Crippen LogP contribution in [-0.2, 0) is 6.42 Å². The number of nitrogens with zero attached hydrogens (tertiary/aromatic N) is 1. The molecule has 0 saturated carbocycles. The van der Waals surface area contributed by atoms with E-state index < -0.39 is 0 Å². The van der Waals surface area contributed by atoms with Crippen molar-refractivity contribution in [2.24, 2.45) is 5.73 Å². The second-order valence-electron chi connectivity index (χ2n) is 4.79. The van der Waals surface area contributed by atoms with Crippen LogP contribution in [0.15, 0.2) is 30.6 Å². The Morgan fingerprint density at radius 3 is 2.69 bits per heavy atom. The molecule has 0 fully saturated rings. The molecular formula is C13H15FN2. The maximum Gasteiger partial charge on any atom is 0.131 e. The monoisotopic (exact) mass is 218 g/mol. The van der Waals surface area contributed by atoms with Gasteiger partial charge in [-0.15, -0.1) is 0 Å². The van der Waals surface area contributed by atoms with Gasteiger partial charge in [0, 0.05) is 28.7 Å². The van der Waals surface area contributed by atoms with Crippen LogP contribution in [0, 0.1) is 5.82 Å². The third-order valence-corrected chi connectivity index (χ3v) is 2.50. The minimum atomic E-state index is -0.305. The summed E-state index contributed by atoms with van der Waals surface area (Å²) in [4.78, 5) is 4.04. The molecule has 1 heterocycles. The first-order valence-corrected chi connectivity index (χ1v) is 5.27. The Morgan fingerprint density at radius 1 is 1.25 bits per heavy atom. The van der Waals surface area contributed by atoms with Gasteiger partial charge in [-0.05, 0) is 38.0 Å². The Bertz CT molecular complexity index is 515. The van der Waals surface area contributed by atoms with Crippen molar-refractivity contribution in [1.82, 2.24) is 4.98 Å². The molecule has 2 rings (SSSR count). The molecular weight excluding hydrogens is 203 g/mol. The van der Waals surface area contributed by atoms with Crippen molar-refractivity contribution in [3.63, 3.8) is 0 Å². The molecule has 3 heteroatoms. The van der Waals surface area contributed by atoms with Gasteiger partial charge in [-0.25, -0.2) is 4.39 Å². The number of pyridine rings is 1. The quantitative estimate of drug-likeness (QED) is 0.841. The van der Waals surface area contributed by atoms with E-state index in [-0.39, 0.29) is 11.4 Å². The molecule has 2 aromatic rings. The van der Waals surface area contributed by atoms with E-state index in [2.05, 4.69) is 4.98 Å². The van der Waals surface area contributed by atoms with Crippen molar-refractivity contribution in [3.05, 3.63) is 42.0 Å². The van der Waals surface area contributed by atoms with Crippen LogP contribution in [0.2, 0.25) is 0 Å². The fourth-order valence-corrected chi connectivity index (χ4v) is 1.86. The molecule has 0 spiro atoms. The summed E-state index contributed by atoms with van der Waals surface area (Å²) >= 11 is 0. The van der Waals surface area contributed by atoms with Gasteiger partial charge in [0.25, 0.3) is 0 Å². The fourth-order valence-electron chi connectivity index (χ4n) is 1.86. The van der Waals surface area contributed by atoms with Crippen LogP contribution in [0.5, 0.6) is 0 Å². The van der Waals surface area contributed by atoms with Crippen molar-refractivity contribution >= 4 is 10.8 Å². The normalized spacial score (nSPS) is 12.0. The number of halogens is 1. The molecule has 0 unspecified atom stereocenters. The fraction of sp³-hybridized carbons (Fsp3) is 0.308. The first-order chi connectivity index (χ1) is 7.47. The van der Waals surface area contributed by atoms with E-state index in [1.165, 1.54) is 6.07 Å². The standard InChI is InChI=1S/C13H15FN2/c1-13(2,15)7-9-3-4-12(14)10-5-6-16-8-11(9)10/h3-6,8H,7,15H2,1-2H3. The van der Waals surface area contributed by atoms with Crippen molar-refractivity contribution in [3.8, 4) is 0 Å². The summed E-state index contributed by atoms with van der Waals surface area (Å²) in [5.74, 6) is -0.212. The van der Waals surface area contributed by atoms with Gasteiger partial charge in [0.15, 0.2) is 0 Å². The zero-order chi connectivity index (χ0) is 11.8. The summed E-state index contributed by atoms with van der Waals surface area (Å²) in [7, 11) is 0. The third-order valence-electron chi connectivity index (χ3n) is 2.50. The Kier molecular flexibility index (Phi) is 2.64. The van der Waals surface area contributed by atoms with E-state index in [1.807, 2.05) is 13.8 Å². The van der Waals surface area contributed by atoms with Crippen LogP contribution < -0.4 is 5.73 Å². The molecule has 1 aromatic heterocycles. The Balaban J connectivity index is 2.59. The highest BCUT2D eigenvalue weighted by atomic mass is 19.1. The summed E-state index contributed by atoms with van der Waals surface area (Å²) in [6.45, 7) is 3.91. The van der Waals surface area contributed by atoms with Crippen LogP contribution in [0.1, 0.15) is 19.4 Å². The molecule has 0 amide bonds. The maximum absolute atomic E-state index is 13.5. The number of nitrogens with two attached hydrogens (primary N) is 1. The molecule has 0 atom stereocenters. The topological polar surface area (TPSA) is 38.9 Å². The summed E-state index contributed by atoms with van der Waals surface area (Å²) < 4.78 is 13.5. The van der Waals surface area contributed by atoms with Crippen LogP contribution in [0.3, 0.4) is 0 Å². The van der Waals surface area contributed by atoms with Gasteiger partial charge in [0.05, 0.1) is 0 Å². The van der Waals surface area contributed by atoms with Gasteiger partial charge >= 0.3 is 0 Å². The minimum Gasteiger partial charge on any atom is -0.325 e. The summed E-state index contributed by atoms with van der Waals surface area (Å²) in [5, 5.41) is 1.46. The zero-order valence-corrected chi connectivity index (χ0v) is 9.50. The first-order valence-electron chi connectivity index (χ1n) is 5.27. The molecule has 0 radical (unpaired) electrons. The average molecular weight is 218 g/mol. The van der Waals surface area contributed by atoms with E-state index in [4.69, 9.17) is 5.73 Å². The smallest absolute Gasteiger partial charge is 0.131 e. The number of benzene rings is 1. The van der Waals surface area contributed by atoms with Crippen molar-refractivity contribution in [1.29, 1.82) is 0 Å². The van der Waals surface area contributed by atoms with Crippen LogP contribution in [0.25, 0.3) is 10.8 Å². The van der Waals surface area contributed by atoms with Gasteiger partial charge in [-0.2, -0.15) is 0 Å². The summed E-state index contributed by atoms with van der Waals surface area (Å²) in [6.07, 6.45) is 4.00. The average Bonchev–Trinajstić information content (AvgIpc) is 2.21. The van der Waals surface area contributed by atoms with Gasteiger partial charge in [0.1, 0.15) is 5.82 Å². The number of hydrogen-bond donors (Lipinski definition) is 1. The molecule has 2 N–H and O–H groups in total. The molecule has 0 aliphatic carbocycles. The van der Waals surface area contributed by atoms with E-state index in [0.717, 1.165) is 10.9 Å². The third kappa shape index (κ3) is 2.19. The van der Waals surface area contributed by atoms with E-state index in [1.54, 1.807) is 24.5 Å². The predicted octanol–water partition coefficient (Wildman–Crippen LogP) is 2.65. The Morgan fingerprint density at radius 2 is 2.00 bits per heavy atom. The highest BCUT2D eigenvalue weighted by Gasteiger charge is 2.14. The Labute approximate surface area is 94.3 Å². The number of aromatic nitrogens is 1. The molecule has 0 saturated heterocycles. The predicted molar refractivity (Wildman–Crippen MR) is 63.7 cm³/mol. The van der Waals surface area contributed by atoms with Crippen LogP contribution in [0.4, 0.5) is 4.39 Å². The molecule has 0 aliphatic heterocycles. The lowest BCUT2D eigenvalue weighted by atomic mass is 9.93. The largest absolute Gasteiger partial charge is 0.325 e. The van der Waals surface area contributed by atoms with Gasteiger partial charge in [-0.1, -0.05) is 6.07 Å². The molecule has 2 nitrogen and oxygen atoms in total. The van der Waals surface area contributed by atoms with Crippen LogP contribution >= 0.6 is 0 Å². The van der Waals surface area contributed by atoms with Crippen molar-refractivity contribution < 1.29 is 4.39 Å². The second-order valence-corrected chi connectivity index (χ2v) is 4.79. The summed E-state index contributed by atoms with van der Waals surface area (Å²) in [6, 6.07) is 4.97. The van der Waals surface area contributed by atoms with Crippen molar-refractivity contribution in [2.75, 3.05) is 0 Å². The highest BCUT2D eigenvalue weighted by molar-refractivity contribution is 5.85. The minimum absolute atomic E-state index is 0.212. The molecule has 16 heavy (non-hydrogen) atoms. The molecule has 0 aliphatic rings. The molecule has 1 aromatic carbocycles. The zero-order valence-electron chi connectivity index (χ0n) is 9.50. The first kappa shape index (κ1) is 11.0. The van der Waals surface area contributed by atoms with E-state index in [0.29, 0.717) is 11.8 Å². The SMILES string of the molecule is CC(C)(N)Cc1ccc(F)c2ccncc12. The van der Waals surface area contributed by atoms with Gasteiger partial charge < -0.3 is 5.73 Å². The van der Waals surface area contributed by atoms with Gasteiger partial charge in [-0.3, -0.25) is 4.98 Å². The van der Waals surface area contributed by atoms with E-state index in [9.17, 15) is 4.39 Å². The lowest BCUT2D eigenvalue weighted by molar-refractivity contribution is 0.518. The van der Waals surface area contributed by atoms with Gasteiger partial charge in [0.2, 0.25) is 0 Å². The highest BCUT2D eigenvalue weighted by Crippen LogP contribution is 2.23. The molecule has 0 bridgehead atoms. The maximum atomic E-state index is 13.5. The molecule has 84 valence electrons. The number of hydrogen-bond acceptors (Lipinski definition) is 2. The Hall–Kier alpha value is -1.48. The van der Waals surface area contributed by atoms with Crippen LogP contribution in [-0.4, -0.2) is 10.5 Å². The lowest BCUT2D eigenvalue weighted by Gasteiger charge is -2.19. The number of rotatable bonds is 2. The lowest BCUT2D eigenvalue weighted by Crippen LogP contribution is -2.34.